The second-order valence-electron chi connectivity index (χ2n) is 5.79. The highest BCUT2D eigenvalue weighted by Crippen LogP contribution is 2.52. The Morgan fingerprint density at radius 2 is 1.87 bits per heavy atom. The van der Waals surface area contributed by atoms with Crippen molar-refractivity contribution in [3.8, 4) is 0 Å². The van der Waals surface area contributed by atoms with Gasteiger partial charge in [-0.3, -0.25) is 0 Å². The number of halogens is 1. The third kappa shape index (κ3) is 1.87. The summed E-state index contributed by atoms with van der Waals surface area (Å²) in [6.45, 7) is 9.25. The Kier molecular flexibility index (Phi) is 2.50. The molecular formula is C14H19Br. The van der Waals surface area contributed by atoms with Crippen molar-refractivity contribution in [2.45, 2.75) is 49.8 Å². The Morgan fingerprint density at radius 1 is 1.27 bits per heavy atom. The van der Waals surface area contributed by atoms with Gasteiger partial charge >= 0.3 is 0 Å². The normalized spacial score (nSPS) is 23.9. The predicted octanol–water partition coefficient (Wildman–Crippen LogP) is 4.63. The molecule has 1 aliphatic rings. The lowest BCUT2D eigenvalue weighted by Crippen LogP contribution is -2.22. The number of hydrogen-bond donors (Lipinski definition) is 0. The Morgan fingerprint density at radius 3 is 2.47 bits per heavy atom. The van der Waals surface area contributed by atoms with Crippen molar-refractivity contribution < 1.29 is 0 Å². The van der Waals surface area contributed by atoms with Crippen LogP contribution in [-0.2, 0) is 5.41 Å². The lowest BCUT2D eigenvalue weighted by molar-refractivity contribution is 0.436. The van der Waals surface area contributed by atoms with E-state index < -0.39 is 0 Å². The third-order valence-electron chi connectivity index (χ3n) is 3.61. The Hall–Kier alpha value is -0.300. The minimum atomic E-state index is 0.191. The van der Waals surface area contributed by atoms with Gasteiger partial charge in [-0.15, -0.1) is 0 Å². The Balaban J connectivity index is 2.52. The van der Waals surface area contributed by atoms with Gasteiger partial charge in [-0.1, -0.05) is 54.0 Å². The molecule has 0 fully saturated rings. The zero-order valence-electron chi connectivity index (χ0n) is 9.97. The monoisotopic (exact) mass is 266 g/mol. The molecule has 0 nitrogen and oxygen atoms in total. The fraction of sp³-hybridized carbons (Fsp3) is 0.571. The topological polar surface area (TPSA) is 0 Å². The summed E-state index contributed by atoms with van der Waals surface area (Å²) < 4.78 is 0.191. The van der Waals surface area contributed by atoms with Crippen LogP contribution in [0.2, 0.25) is 0 Å². The summed E-state index contributed by atoms with van der Waals surface area (Å²) in [6.07, 6.45) is 1.24. The van der Waals surface area contributed by atoms with Gasteiger partial charge in [0.05, 0.1) is 0 Å². The van der Waals surface area contributed by atoms with Gasteiger partial charge in [0.1, 0.15) is 0 Å². The number of hydrogen-bond acceptors (Lipinski definition) is 0. The molecule has 1 aromatic rings. The molecule has 1 unspecified atom stereocenters. The number of benzene rings is 1. The Bertz CT molecular complexity index is 371. The predicted molar refractivity (Wildman–Crippen MR) is 69.8 cm³/mol. The highest BCUT2D eigenvalue weighted by atomic mass is 79.9. The minimum absolute atomic E-state index is 0.191. The van der Waals surface area contributed by atoms with Crippen molar-refractivity contribution in [3.63, 3.8) is 0 Å². The fourth-order valence-electron chi connectivity index (χ4n) is 2.76. The summed E-state index contributed by atoms with van der Waals surface area (Å²) >= 11 is 3.83. The molecule has 0 heterocycles. The number of rotatable bonds is 1. The van der Waals surface area contributed by atoms with Crippen molar-refractivity contribution in [3.05, 3.63) is 35.4 Å². The molecule has 0 saturated carbocycles. The lowest BCUT2D eigenvalue weighted by Gasteiger charge is -2.27. The summed E-state index contributed by atoms with van der Waals surface area (Å²) in [5, 5.41) is 0. The molecule has 0 saturated heterocycles. The van der Waals surface area contributed by atoms with E-state index in [-0.39, 0.29) is 4.32 Å². The van der Waals surface area contributed by atoms with E-state index >= 15 is 0 Å². The van der Waals surface area contributed by atoms with Crippen LogP contribution >= 0.6 is 15.9 Å². The second-order valence-corrected chi connectivity index (χ2v) is 7.84. The van der Waals surface area contributed by atoms with Crippen molar-refractivity contribution in [2.24, 2.45) is 0 Å². The van der Waals surface area contributed by atoms with E-state index in [0.29, 0.717) is 11.3 Å². The van der Waals surface area contributed by atoms with E-state index in [1.165, 1.54) is 17.5 Å². The van der Waals surface area contributed by atoms with Crippen LogP contribution < -0.4 is 0 Å². The smallest absolute Gasteiger partial charge is 0.0270 e. The molecule has 0 radical (unpaired) electrons. The first-order chi connectivity index (χ1) is 6.82. The molecule has 2 rings (SSSR count). The molecule has 1 atom stereocenters. The van der Waals surface area contributed by atoms with Gasteiger partial charge in [0.2, 0.25) is 0 Å². The summed E-state index contributed by atoms with van der Waals surface area (Å²) in [6, 6.07) is 8.89. The van der Waals surface area contributed by atoms with Crippen LogP contribution in [0.25, 0.3) is 0 Å². The molecule has 1 heteroatoms. The summed E-state index contributed by atoms with van der Waals surface area (Å²) in [7, 11) is 0. The van der Waals surface area contributed by atoms with Crippen LogP contribution in [0.5, 0.6) is 0 Å². The highest BCUT2D eigenvalue weighted by Gasteiger charge is 2.42. The van der Waals surface area contributed by atoms with Crippen LogP contribution in [0, 0.1) is 0 Å². The molecule has 0 bridgehead atoms. The maximum atomic E-state index is 3.83. The quantitative estimate of drug-likeness (QED) is 0.651. The molecule has 0 N–H and O–H groups in total. The van der Waals surface area contributed by atoms with Crippen molar-refractivity contribution in [1.29, 1.82) is 0 Å². The second kappa shape index (κ2) is 3.35. The van der Waals surface area contributed by atoms with Crippen molar-refractivity contribution in [2.75, 3.05) is 0 Å². The third-order valence-corrected chi connectivity index (χ3v) is 4.16. The van der Waals surface area contributed by atoms with Crippen LogP contribution in [0.1, 0.15) is 51.2 Å². The van der Waals surface area contributed by atoms with Crippen LogP contribution in [-0.4, -0.2) is 4.32 Å². The van der Waals surface area contributed by atoms with E-state index in [4.69, 9.17) is 0 Å². The zero-order chi connectivity index (χ0) is 11.3. The number of alkyl halides is 1. The van der Waals surface area contributed by atoms with E-state index in [1.807, 2.05) is 0 Å². The van der Waals surface area contributed by atoms with Gasteiger partial charge in [-0.25, -0.2) is 0 Å². The van der Waals surface area contributed by atoms with Crippen LogP contribution in [0.3, 0.4) is 0 Å². The first-order valence-corrected chi connectivity index (χ1v) is 6.40. The molecule has 1 aromatic carbocycles. The average Bonchev–Trinajstić information content (AvgIpc) is 2.39. The van der Waals surface area contributed by atoms with E-state index in [2.05, 4.69) is 67.9 Å². The molecule has 0 aromatic heterocycles. The van der Waals surface area contributed by atoms with Gasteiger partial charge < -0.3 is 0 Å². The van der Waals surface area contributed by atoms with Gasteiger partial charge in [0.15, 0.2) is 0 Å². The molecule has 0 spiro atoms. The largest absolute Gasteiger partial charge is 0.0853 e. The number of fused-ring (bicyclic) bond motifs is 1. The Labute approximate surface area is 101 Å². The maximum absolute atomic E-state index is 3.83. The molecular weight excluding hydrogens is 248 g/mol. The van der Waals surface area contributed by atoms with Gasteiger partial charge in [-0.05, 0) is 42.7 Å². The molecule has 1 aliphatic carbocycles. The van der Waals surface area contributed by atoms with Crippen LogP contribution in [0.4, 0.5) is 0 Å². The fourth-order valence-corrected chi connectivity index (χ4v) is 3.17. The lowest BCUT2D eigenvalue weighted by atomic mass is 9.84. The average molecular weight is 267 g/mol. The first kappa shape index (κ1) is 11.2. The summed E-state index contributed by atoms with van der Waals surface area (Å²) in [4.78, 5) is 0. The zero-order valence-corrected chi connectivity index (χ0v) is 11.6. The highest BCUT2D eigenvalue weighted by molar-refractivity contribution is 9.10. The summed E-state index contributed by atoms with van der Waals surface area (Å²) in [5.74, 6) is 0.628. The SMILES string of the molecule is CC1(C)CC(C(C)(C)Br)c2ccccc21. The summed E-state index contributed by atoms with van der Waals surface area (Å²) in [5.41, 5.74) is 3.39. The van der Waals surface area contributed by atoms with Crippen molar-refractivity contribution >= 4 is 15.9 Å². The molecule has 0 aliphatic heterocycles. The first-order valence-electron chi connectivity index (χ1n) is 5.61. The van der Waals surface area contributed by atoms with E-state index in [1.54, 1.807) is 0 Å². The van der Waals surface area contributed by atoms with Crippen molar-refractivity contribution in [1.82, 2.24) is 0 Å². The van der Waals surface area contributed by atoms with E-state index in [0.717, 1.165) is 0 Å². The van der Waals surface area contributed by atoms with Gasteiger partial charge in [0, 0.05) is 4.32 Å². The van der Waals surface area contributed by atoms with Gasteiger partial charge in [0.25, 0.3) is 0 Å². The van der Waals surface area contributed by atoms with Crippen LogP contribution in [0.15, 0.2) is 24.3 Å². The van der Waals surface area contributed by atoms with E-state index in [9.17, 15) is 0 Å². The molecule has 0 amide bonds. The molecule has 82 valence electrons. The minimum Gasteiger partial charge on any atom is -0.0853 e. The standard InChI is InChI=1S/C14H19Br/c1-13(2)9-12(14(3,4)15)10-7-5-6-8-11(10)13/h5-8,12H,9H2,1-4H3. The van der Waals surface area contributed by atoms with Gasteiger partial charge in [-0.2, -0.15) is 0 Å². The maximum Gasteiger partial charge on any atom is 0.0270 e. The molecule has 15 heavy (non-hydrogen) atoms.